The molecule has 1 aliphatic carbocycles. The average Bonchev–Trinajstić information content (AvgIpc) is 3.05. The third-order valence-corrected chi connectivity index (χ3v) is 6.15. The van der Waals surface area contributed by atoms with Crippen molar-refractivity contribution in [2.45, 2.75) is 64.3 Å². The van der Waals surface area contributed by atoms with Gasteiger partial charge in [0.05, 0.1) is 0 Å². The normalized spacial score (nSPS) is 18.0. The van der Waals surface area contributed by atoms with Crippen molar-refractivity contribution < 1.29 is 0 Å². The van der Waals surface area contributed by atoms with Crippen LogP contribution in [0.3, 0.4) is 0 Å². The van der Waals surface area contributed by atoms with Crippen molar-refractivity contribution in [1.29, 1.82) is 0 Å². The Morgan fingerprint density at radius 1 is 1.42 bits per heavy atom. The van der Waals surface area contributed by atoms with E-state index in [1.54, 1.807) is 0 Å². The van der Waals surface area contributed by atoms with E-state index >= 15 is 0 Å². The summed E-state index contributed by atoms with van der Waals surface area (Å²) in [5, 5.41) is 5.93. The fourth-order valence-corrected chi connectivity index (χ4v) is 4.65. The zero-order valence-electron chi connectivity index (χ0n) is 12.0. The molecule has 0 aromatic carbocycles. The largest absolute Gasteiger partial charge is 0.314 e. The predicted octanol–water partition coefficient (Wildman–Crippen LogP) is 5.39. The minimum atomic E-state index is 0.662. The van der Waals surface area contributed by atoms with Crippen molar-refractivity contribution >= 4 is 27.3 Å². The van der Waals surface area contributed by atoms with Gasteiger partial charge < -0.3 is 5.32 Å². The monoisotopic (exact) mass is 343 g/mol. The Bertz CT molecular complexity index is 357. The van der Waals surface area contributed by atoms with E-state index in [0.29, 0.717) is 6.04 Å². The molecule has 0 amide bonds. The Morgan fingerprint density at radius 2 is 2.21 bits per heavy atom. The van der Waals surface area contributed by atoms with Crippen LogP contribution < -0.4 is 5.32 Å². The van der Waals surface area contributed by atoms with E-state index in [4.69, 9.17) is 0 Å². The topological polar surface area (TPSA) is 12.0 Å². The third-order valence-electron chi connectivity index (χ3n) is 4.20. The van der Waals surface area contributed by atoms with Crippen LogP contribution in [0.5, 0.6) is 0 Å². The van der Waals surface area contributed by atoms with Gasteiger partial charge in [0.2, 0.25) is 0 Å². The van der Waals surface area contributed by atoms with E-state index in [2.05, 4.69) is 39.6 Å². The summed E-state index contributed by atoms with van der Waals surface area (Å²) in [4.78, 5) is 1.50. The van der Waals surface area contributed by atoms with Gasteiger partial charge in [-0.25, -0.2) is 0 Å². The highest BCUT2D eigenvalue weighted by molar-refractivity contribution is 9.10. The zero-order valence-corrected chi connectivity index (χ0v) is 14.4. The molecule has 1 aromatic rings. The van der Waals surface area contributed by atoms with Crippen molar-refractivity contribution in [1.82, 2.24) is 5.32 Å². The van der Waals surface area contributed by atoms with E-state index in [1.165, 1.54) is 60.7 Å². The molecule has 1 aliphatic rings. The first-order valence-corrected chi connectivity index (χ1v) is 9.42. The number of halogens is 1. The van der Waals surface area contributed by atoms with Gasteiger partial charge in [0.15, 0.2) is 0 Å². The molecule has 0 radical (unpaired) electrons. The molecule has 1 atom stereocenters. The smallest absolute Gasteiger partial charge is 0.0314 e. The number of rotatable bonds is 8. The first-order chi connectivity index (χ1) is 9.29. The van der Waals surface area contributed by atoms with E-state index in [-0.39, 0.29) is 0 Å². The standard InChI is InChI=1S/C16H26BrNS/c1-2-10-18-14(8-7-13-5-3-4-6-13)12-16-15(17)9-11-19-16/h9,11,13-14,18H,2-8,10,12H2,1H3. The third kappa shape index (κ3) is 5.20. The molecule has 0 saturated heterocycles. The molecular weight excluding hydrogens is 318 g/mol. The number of thiophene rings is 1. The van der Waals surface area contributed by atoms with Crippen LogP contribution in [0.1, 0.15) is 56.7 Å². The molecule has 1 aromatic heterocycles. The minimum Gasteiger partial charge on any atom is -0.314 e. The number of nitrogens with one attached hydrogen (secondary N) is 1. The van der Waals surface area contributed by atoms with Crippen molar-refractivity contribution in [3.63, 3.8) is 0 Å². The summed E-state index contributed by atoms with van der Waals surface area (Å²) in [6.07, 6.45) is 11.1. The molecule has 0 bridgehead atoms. The molecule has 2 rings (SSSR count). The zero-order chi connectivity index (χ0) is 13.5. The SMILES string of the molecule is CCCNC(CCC1CCCC1)Cc1sccc1Br. The van der Waals surface area contributed by atoms with Crippen LogP contribution >= 0.6 is 27.3 Å². The Labute approximate surface area is 130 Å². The summed E-state index contributed by atoms with van der Waals surface area (Å²) in [6.45, 7) is 3.40. The molecule has 1 nitrogen and oxygen atoms in total. The molecule has 3 heteroatoms. The summed E-state index contributed by atoms with van der Waals surface area (Å²) in [5.74, 6) is 1.01. The van der Waals surface area contributed by atoms with Crippen LogP contribution in [-0.4, -0.2) is 12.6 Å². The van der Waals surface area contributed by atoms with Crippen LogP contribution in [0.2, 0.25) is 0 Å². The summed E-state index contributed by atoms with van der Waals surface area (Å²) < 4.78 is 1.29. The molecule has 19 heavy (non-hydrogen) atoms. The quantitative estimate of drug-likeness (QED) is 0.666. The van der Waals surface area contributed by atoms with Crippen LogP contribution in [-0.2, 0) is 6.42 Å². The van der Waals surface area contributed by atoms with Gasteiger partial charge in [-0.2, -0.15) is 0 Å². The number of hydrogen-bond donors (Lipinski definition) is 1. The summed E-state index contributed by atoms with van der Waals surface area (Å²) in [7, 11) is 0. The molecule has 1 saturated carbocycles. The van der Waals surface area contributed by atoms with Gasteiger partial charge in [0, 0.05) is 15.4 Å². The van der Waals surface area contributed by atoms with Gasteiger partial charge in [-0.3, -0.25) is 0 Å². The Hall–Kier alpha value is 0.140. The maximum atomic E-state index is 3.74. The van der Waals surface area contributed by atoms with Gasteiger partial charge in [-0.15, -0.1) is 11.3 Å². The molecular formula is C16H26BrNS. The summed E-state index contributed by atoms with van der Waals surface area (Å²) in [6, 6.07) is 2.84. The van der Waals surface area contributed by atoms with Crippen molar-refractivity contribution in [2.24, 2.45) is 5.92 Å². The Morgan fingerprint density at radius 3 is 2.84 bits per heavy atom. The first-order valence-electron chi connectivity index (χ1n) is 7.74. The highest BCUT2D eigenvalue weighted by atomic mass is 79.9. The van der Waals surface area contributed by atoms with Gasteiger partial charge in [0.25, 0.3) is 0 Å². The molecule has 0 aliphatic heterocycles. The maximum absolute atomic E-state index is 3.74. The van der Waals surface area contributed by atoms with Crippen LogP contribution in [0.15, 0.2) is 15.9 Å². The van der Waals surface area contributed by atoms with E-state index < -0.39 is 0 Å². The van der Waals surface area contributed by atoms with E-state index in [0.717, 1.165) is 12.5 Å². The molecule has 108 valence electrons. The first kappa shape index (κ1) is 15.5. The molecule has 0 spiro atoms. The van der Waals surface area contributed by atoms with Gasteiger partial charge >= 0.3 is 0 Å². The van der Waals surface area contributed by atoms with Crippen LogP contribution in [0.25, 0.3) is 0 Å². The molecule has 1 heterocycles. The van der Waals surface area contributed by atoms with Gasteiger partial charge in [-0.1, -0.05) is 32.6 Å². The molecule has 1 unspecified atom stereocenters. The second-order valence-corrected chi connectivity index (χ2v) is 7.63. The molecule has 1 fully saturated rings. The Kier molecular flexibility index (Phi) is 6.89. The van der Waals surface area contributed by atoms with Crippen LogP contribution in [0.4, 0.5) is 0 Å². The van der Waals surface area contributed by atoms with E-state index in [1.807, 2.05) is 11.3 Å². The van der Waals surface area contributed by atoms with Gasteiger partial charge in [-0.05, 0) is 65.5 Å². The second kappa shape index (κ2) is 8.43. The average molecular weight is 344 g/mol. The highest BCUT2D eigenvalue weighted by Gasteiger charge is 2.18. The lowest BCUT2D eigenvalue weighted by molar-refractivity contribution is 0.403. The Balaban J connectivity index is 1.82. The van der Waals surface area contributed by atoms with Gasteiger partial charge in [0.1, 0.15) is 0 Å². The highest BCUT2D eigenvalue weighted by Crippen LogP contribution is 2.30. The lowest BCUT2D eigenvalue weighted by Crippen LogP contribution is -2.32. The summed E-state index contributed by atoms with van der Waals surface area (Å²) >= 11 is 5.55. The molecule has 1 N–H and O–H groups in total. The lowest BCUT2D eigenvalue weighted by atomic mass is 9.96. The second-order valence-electron chi connectivity index (χ2n) is 5.77. The van der Waals surface area contributed by atoms with Crippen molar-refractivity contribution in [3.05, 3.63) is 20.8 Å². The van der Waals surface area contributed by atoms with E-state index in [9.17, 15) is 0 Å². The minimum absolute atomic E-state index is 0.662. The van der Waals surface area contributed by atoms with Crippen molar-refractivity contribution in [2.75, 3.05) is 6.54 Å². The fraction of sp³-hybridized carbons (Fsp3) is 0.750. The maximum Gasteiger partial charge on any atom is 0.0314 e. The lowest BCUT2D eigenvalue weighted by Gasteiger charge is -2.20. The fourth-order valence-electron chi connectivity index (χ4n) is 3.06. The predicted molar refractivity (Wildman–Crippen MR) is 89.0 cm³/mol. The van der Waals surface area contributed by atoms with Crippen molar-refractivity contribution in [3.8, 4) is 0 Å². The summed E-state index contributed by atoms with van der Waals surface area (Å²) in [5.41, 5.74) is 0. The number of hydrogen-bond acceptors (Lipinski definition) is 2. The van der Waals surface area contributed by atoms with Crippen LogP contribution in [0, 0.1) is 5.92 Å².